The summed E-state index contributed by atoms with van der Waals surface area (Å²) in [6, 6.07) is 13.5. The molecule has 2 heterocycles. The highest BCUT2D eigenvalue weighted by molar-refractivity contribution is 8.26. The zero-order valence-corrected chi connectivity index (χ0v) is 16.2. The van der Waals surface area contributed by atoms with Crippen LogP contribution in [0.2, 0.25) is 0 Å². The summed E-state index contributed by atoms with van der Waals surface area (Å²) in [5.74, 6) is 0.435. The van der Waals surface area contributed by atoms with E-state index in [0.29, 0.717) is 28.0 Å². The number of unbranched alkanes of at least 4 members (excludes halogenated alkanes) is 2. The number of thioether (sulfide) groups is 1. The second-order valence-electron chi connectivity index (χ2n) is 6.11. The Hall–Kier alpha value is -2.38. The van der Waals surface area contributed by atoms with Gasteiger partial charge in [0.15, 0.2) is 0 Å². The fourth-order valence-electron chi connectivity index (χ4n) is 2.73. The standard InChI is InChI=1S/C20H19NO4S2/c22-18(23)9-5-2-6-12-21-19(24)17(27-20(21)26)13-15-10-11-16(25-15)14-7-3-1-4-8-14/h1,3-4,7-8,10-11,13H,2,5-6,9,12H2,(H,22,23)/b17-13-. The molecule has 5 nitrogen and oxygen atoms in total. The molecular formula is C20H19NO4S2. The van der Waals surface area contributed by atoms with Crippen molar-refractivity contribution in [1.29, 1.82) is 0 Å². The molecule has 1 fully saturated rings. The highest BCUT2D eigenvalue weighted by Crippen LogP contribution is 2.33. The zero-order chi connectivity index (χ0) is 19.2. The molecule has 0 bridgehead atoms. The zero-order valence-electron chi connectivity index (χ0n) is 14.6. The Morgan fingerprint density at radius 3 is 2.67 bits per heavy atom. The second-order valence-corrected chi connectivity index (χ2v) is 7.78. The summed E-state index contributed by atoms with van der Waals surface area (Å²) in [7, 11) is 0. The Bertz CT molecular complexity index is 873. The number of thiocarbonyl (C=S) groups is 1. The van der Waals surface area contributed by atoms with Crippen LogP contribution in [0.25, 0.3) is 17.4 Å². The number of carbonyl (C=O) groups is 2. The van der Waals surface area contributed by atoms with Crippen LogP contribution in [0.4, 0.5) is 0 Å². The lowest BCUT2D eigenvalue weighted by atomic mass is 10.2. The van der Waals surface area contributed by atoms with E-state index in [4.69, 9.17) is 21.7 Å². The lowest BCUT2D eigenvalue weighted by Crippen LogP contribution is -2.29. The van der Waals surface area contributed by atoms with Gasteiger partial charge in [-0.3, -0.25) is 14.5 Å². The SMILES string of the molecule is O=C(O)CCCCCN1C(=O)/C(=C/c2ccc(-c3ccccc3)o2)SC1=S. The molecule has 1 aromatic heterocycles. The normalized spacial score (nSPS) is 15.7. The van der Waals surface area contributed by atoms with Gasteiger partial charge in [0.25, 0.3) is 5.91 Å². The molecule has 1 aromatic carbocycles. The number of carbonyl (C=O) groups excluding carboxylic acids is 1. The summed E-state index contributed by atoms with van der Waals surface area (Å²) in [4.78, 5) is 25.2. The molecule has 0 spiro atoms. The number of carboxylic acid groups (broad SMARTS) is 1. The van der Waals surface area contributed by atoms with Crippen molar-refractivity contribution < 1.29 is 19.1 Å². The summed E-state index contributed by atoms with van der Waals surface area (Å²) in [6.07, 6.45) is 3.96. The minimum absolute atomic E-state index is 0.124. The summed E-state index contributed by atoms with van der Waals surface area (Å²) in [5.41, 5.74) is 0.978. The van der Waals surface area contributed by atoms with E-state index in [9.17, 15) is 9.59 Å². The molecule has 140 valence electrons. The van der Waals surface area contributed by atoms with Gasteiger partial charge in [0.1, 0.15) is 15.8 Å². The fraction of sp³-hybridized carbons (Fsp3) is 0.250. The largest absolute Gasteiger partial charge is 0.481 e. The predicted octanol–water partition coefficient (Wildman–Crippen LogP) is 4.79. The van der Waals surface area contributed by atoms with Crippen molar-refractivity contribution in [2.75, 3.05) is 6.54 Å². The Labute approximate surface area is 167 Å². The van der Waals surface area contributed by atoms with Crippen LogP contribution in [0.15, 0.2) is 51.8 Å². The maximum Gasteiger partial charge on any atom is 0.303 e. The molecule has 27 heavy (non-hydrogen) atoms. The number of rotatable bonds is 8. The van der Waals surface area contributed by atoms with Gasteiger partial charge in [-0.05, 0) is 25.0 Å². The van der Waals surface area contributed by atoms with Gasteiger partial charge in [0.05, 0.1) is 4.91 Å². The van der Waals surface area contributed by atoms with Gasteiger partial charge in [-0.1, -0.05) is 60.7 Å². The van der Waals surface area contributed by atoms with Crippen LogP contribution >= 0.6 is 24.0 Å². The van der Waals surface area contributed by atoms with Crippen LogP contribution in [-0.4, -0.2) is 32.7 Å². The monoisotopic (exact) mass is 401 g/mol. The summed E-state index contributed by atoms with van der Waals surface area (Å²) >= 11 is 6.58. The topological polar surface area (TPSA) is 70.8 Å². The van der Waals surface area contributed by atoms with Crippen LogP contribution < -0.4 is 0 Å². The van der Waals surface area contributed by atoms with Crippen molar-refractivity contribution in [3.8, 4) is 11.3 Å². The number of carboxylic acids is 1. The van der Waals surface area contributed by atoms with Gasteiger partial charge in [-0.25, -0.2) is 0 Å². The van der Waals surface area contributed by atoms with E-state index >= 15 is 0 Å². The summed E-state index contributed by atoms with van der Waals surface area (Å²) < 4.78 is 6.35. The smallest absolute Gasteiger partial charge is 0.303 e. The molecule has 0 radical (unpaired) electrons. The number of hydrogen-bond acceptors (Lipinski definition) is 5. The molecule has 2 aromatic rings. The van der Waals surface area contributed by atoms with Crippen LogP contribution in [0.1, 0.15) is 31.4 Å². The van der Waals surface area contributed by atoms with Crippen molar-refractivity contribution in [2.45, 2.75) is 25.7 Å². The van der Waals surface area contributed by atoms with Crippen molar-refractivity contribution >= 4 is 46.3 Å². The molecule has 0 unspecified atom stereocenters. The van der Waals surface area contributed by atoms with Crippen molar-refractivity contribution in [3.63, 3.8) is 0 Å². The van der Waals surface area contributed by atoms with Crippen molar-refractivity contribution in [1.82, 2.24) is 4.90 Å². The van der Waals surface area contributed by atoms with E-state index in [2.05, 4.69) is 0 Å². The van der Waals surface area contributed by atoms with Gasteiger partial charge in [-0.2, -0.15) is 0 Å². The molecule has 7 heteroatoms. The average Bonchev–Trinajstić information content (AvgIpc) is 3.22. The third kappa shape index (κ3) is 5.08. The van der Waals surface area contributed by atoms with E-state index in [0.717, 1.165) is 24.2 Å². The molecule has 1 amide bonds. The number of nitrogens with zero attached hydrogens (tertiary/aromatic N) is 1. The minimum Gasteiger partial charge on any atom is -0.481 e. The van der Waals surface area contributed by atoms with Gasteiger partial charge in [0.2, 0.25) is 0 Å². The van der Waals surface area contributed by atoms with E-state index in [1.54, 1.807) is 11.0 Å². The molecule has 1 aliphatic rings. The third-order valence-corrected chi connectivity index (χ3v) is 5.48. The molecule has 0 atom stereocenters. The van der Waals surface area contributed by atoms with Gasteiger partial charge in [0, 0.05) is 24.6 Å². The number of furan rings is 1. The van der Waals surface area contributed by atoms with E-state index in [1.165, 1.54) is 11.8 Å². The van der Waals surface area contributed by atoms with Crippen molar-refractivity contribution in [3.05, 3.63) is 53.1 Å². The third-order valence-electron chi connectivity index (χ3n) is 4.10. The lowest BCUT2D eigenvalue weighted by Gasteiger charge is -2.13. The highest BCUT2D eigenvalue weighted by Gasteiger charge is 2.31. The summed E-state index contributed by atoms with van der Waals surface area (Å²) in [5, 5.41) is 8.65. The molecule has 1 N–H and O–H groups in total. The average molecular weight is 402 g/mol. The first kappa shape index (κ1) is 19.4. The fourth-order valence-corrected chi connectivity index (χ4v) is 4.02. The first-order valence-electron chi connectivity index (χ1n) is 8.67. The van der Waals surface area contributed by atoms with E-state index < -0.39 is 5.97 Å². The number of hydrogen-bond donors (Lipinski definition) is 1. The molecule has 1 aliphatic heterocycles. The van der Waals surface area contributed by atoms with Gasteiger partial charge in [-0.15, -0.1) is 0 Å². The number of amides is 1. The minimum atomic E-state index is -0.795. The Kier molecular flexibility index (Phi) is 6.47. The van der Waals surface area contributed by atoms with Gasteiger partial charge < -0.3 is 9.52 Å². The predicted molar refractivity (Wildman–Crippen MR) is 110 cm³/mol. The van der Waals surface area contributed by atoms with Crippen LogP contribution in [0.5, 0.6) is 0 Å². The molecule has 3 rings (SSSR count). The number of benzene rings is 1. The first-order valence-corrected chi connectivity index (χ1v) is 9.89. The number of aliphatic carboxylic acids is 1. The van der Waals surface area contributed by atoms with Crippen molar-refractivity contribution in [2.24, 2.45) is 0 Å². The van der Waals surface area contributed by atoms with Gasteiger partial charge >= 0.3 is 5.97 Å². The molecule has 0 aliphatic carbocycles. The molecule has 1 saturated heterocycles. The Morgan fingerprint density at radius 2 is 1.93 bits per heavy atom. The van der Waals surface area contributed by atoms with E-state index in [-0.39, 0.29) is 12.3 Å². The van der Waals surface area contributed by atoms with Crippen LogP contribution in [0, 0.1) is 0 Å². The first-order chi connectivity index (χ1) is 13.0. The van der Waals surface area contributed by atoms with Crippen LogP contribution in [-0.2, 0) is 9.59 Å². The maximum absolute atomic E-state index is 12.6. The second kappa shape index (κ2) is 9.01. The van der Waals surface area contributed by atoms with E-state index in [1.807, 2.05) is 42.5 Å². The Balaban J connectivity index is 1.61. The quantitative estimate of drug-likeness (QED) is 0.389. The highest BCUT2D eigenvalue weighted by atomic mass is 32.2. The van der Waals surface area contributed by atoms with Crippen LogP contribution in [0.3, 0.4) is 0 Å². The summed E-state index contributed by atoms with van der Waals surface area (Å²) in [6.45, 7) is 0.509. The lowest BCUT2D eigenvalue weighted by molar-refractivity contribution is -0.137. The maximum atomic E-state index is 12.6. The molecular weight excluding hydrogens is 382 g/mol. The Morgan fingerprint density at radius 1 is 1.15 bits per heavy atom. The molecule has 0 saturated carbocycles.